The van der Waals surface area contributed by atoms with Crippen LogP contribution in [0.1, 0.15) is 0 Å². The topological polar surface area (TPSA) is 72.0 Å². The van der Waals surface area contributed by atoms with E-state index in [1.165, 1.54) is 0 Å². The third kappa shape index (κ3) is 1.24. The molecular weight excluding hydrogens is 214 g/mol. The summed E-state index contributed by atoms with van der Waals surface area (Å²) >= 11 is 4.80. The molecule has 0 atom stereocenters. The van der Waals surface area contributed by atoms with Crippen molar-refractivity contribution in [3.05, 3.63) is 29.6 Å². The van der Waals surface area contributed by atoms with Crippen LogP contribution in [0.5, 0.6) is 0 Å². The van der Waals surface area contributed by atoms with E-state index in [9.17, 15) is 0 Å². The molecule has 0 amide bonds. The fourth-order valence-electron chi connectivity index (χ4n) is 1.34. The first kappa shape index (κ1) is 8.30. The minimum absolute atomic E-state index is 0.244. The molecule has 0 aliphatic heterocycles. The highest BCUT2D eigenvalue weighted by molar-refractivity contribution is 7.71. The van der Waals surface area contributed by atoms with Gasteiger partial charge in [0.1, 0.15) is 0 Å². The number of aromatic nitrogens is 5. The highest BCUT2D eigenvalue weighted by Crippen LogP contribution is 2.21. The van der Waals surface area contributed by atoms with Crippen molar-refractivity contribution in [3.8, 4) is 11.5 Å². The Labute approximate surface area is 88.6 Å². The standard InChI is InChI=1S/C8H5N5OS/c15-8-12-11-7(14-8)5-3-10-13-2-1-9-4-6(5)13/h1-4H,(H,12,15). The minimum atomic E-state index is 0.244. The molecular formula is C8H5N5OS. The number of fused-ring (bicyclic) bond motifs is 1. The van der Waals surface area contributed by atoms with Crippen LogP contribution in [0.3, 0.4) is 0 Å². The largest absolute Gasteiger partial charge is 0.409 e. The lowest BCUT2D eigenvalue weighted by Crippen LogP contribution is -1.86. The number of aromatic amines is 1. The van der Waals surface area contributed by atoms with Gasteiger partial charge in [0, 0.05) is 12.4 Å². The van der Waals surface area contributed by atoms with E-state index in [2.05, 4.69) is 20.3 Å². The molecule has 74 valence electrons. The zero-order valence-electron chi connectivity index (χ0n) is 7.41. The van der Waals surface area contributed by atoms with Gasteiger partial charge in [0.2, 0.25) is 5.89 Å². The molecule has 0 fully saturated rings. The molecule has 0 saturated carbocycles. The summed E-state index contributed by atoms with van der Waals surface area (Å²) in [5.74, 6) is 0.419. The van der Waals surface area contributed by atoms with Crippen molar-refractivity contribution < 1.29 is 4.42 Å². The van der Waals surface area contributed by atoms with Gasteiger partial charge in [-0.15, -0.1) is 5.10 Å². The average molecular weight is 219 g/mol. The maximum atomic E-state index is 5.20. The lowest BCUT2D eigenvalue weighted by atomic mass is 10.3. The first-order chi connectivity index (χ1) is 7.34. The highest BCUT2D eigenvalue weighted by Gasteiger charge is 2.10. The van der Waals surface area contributed by atoms with E-state index in [1.54, 1.807) is 29.3 Å². The first-order valence-electron chi connectivity index (χ1n) is 4.18. The predicted octanol–water partition coefficient (Wildman–Crippen LogP) is 1.44. The van der Waals surface area contributed by atoms with Gasteiger partial charge in [-0.3, -0.25) is 4.98 Å². The Bertz CT molecular complexity index is 667. The first-order valence-corrected chi connectivity index (χ1v) is 4.58. The molecule has 7 heteroatoms. The van der Waals surface area contributed by atoms with Crippen molar-refractivity contribution in [1.82, 2.24) is 24.8 Å². The summed E-state index contributed by atoms with van der Waals surface area (Å²) in [6, 6.07) is 0. The van der Waals surface area contributed by atoms with Crippen LogP contribution in [0.4, 0.5) is 0 Å². The lowest BCUT2D eigenvalue weighted by Gasteiger charge is -1.91. The SMILES string of the molecule is S=c1[nH]nc(-c2cnn3ccncc23)o1. The second kappa shape index (κ2) is 2.99. The van der Waals surface area contributed by atoms with Crippen LogP contribution in [0.25, 0.3) is 17.0 Å². The molecule has 0 aliphatic carbocycles. The predicted molar refractivity (Wildman–Crippen MR) is 53.7 cm³/mol. The van der Waals surface area contributed by atoms with Crippen LogP contribution in [0.15, 0.2) is 29.2 Å². The normalized spacial score (nSPS) is 10.9. The van der Waals surface area contributed by atoms with Crippen molar-refractivity contribution in [1.29, 1.82) is 0 Å². The molecule has 0 aromatic carbocycles. The fraction of sp³-hybridized carbons (Fsp3) is 0. The Kier molecular flexibility index (Phi) is 1.65. The van der Waals surface area contributed by atoms with E-state index in [0.29, 0.717) is 5.89 Å². The van der Waals surface area contributed by atoms with Gasteiger partial charge in [-0.1, -0.05) is 0 Å². The molecule has 0 radical (unpaired) electrons. The monoisotopic (exact) mass is 219 g/mol. The summed E-state index contributed by atoms with van der Waals surface area (Å²) in [5, 5.41) is 10.6. The Morgan fingerprint density at radius 3 is 3.13 bits per heavy atom. The maximum Gasteiger partial charge on any atom is 0.284 e. The lowest BCUT2D eigenvalue weighted by molar-refractivity contribution is 0.552. The Morgan fingerprint density at radius 1 is 1.40 bits per heavy atom. The van der Waals surface area contributed by atoms with E-state index in [1.807, 2.05) is 0 Å². The van der Waals surface area contributed by atoms with E-state index >= 15 is 0 Å². The molecule has 3 rings (SSSR count). The summed E-state index contributed by atoms with van der Waals surface area (Å²) in [4.78, 5) is 4.26. The van der Waals surface area contributed by atoms with Crippen LogP contribution in [0.2, 0.25) is 0 Å². The van der Waals surface area contributed by atoms with Crippen molar-refractivity contribution in [2.24, 2.45) is 0 Å². The number of nitrogens with zero attached hydrogens (tertiary/aromatic N) is 4. The molecule has 0 unspecified atom stereocenters. The molecule has 6 nitrogen and oxygen atoms in total. The third-order valence-corrected chi connectivity index (χ3v) is 2.17. The number of H-pyrrole nitrogens is 1. The van der Waals surface area contributed by atoms with Crippen LogP contribution in [-0.2, 0) is 0 Å². The summed E-state index contributed by atoms with van der Waals surface area (Å²) in [6.07, 6.45) is 6.76. The molecule has 0 spiro atoms. The Hall–Kier alpha value is -2.02. The summed E-state index contributed by atoms with van der Waals surface area (Å²) in [6.45, 7) is 0. The van der Waals surface area contributed by atoms with E-state index < -0.39 is 0 Å². The van der Waals surface area contributed by atoms with Crippen LogP contribution >= 0.6 is 12.2 Å². The number of hydrogen-bond acceptors (Lipinski definition) is 5. The number of hydrogen-bond donors (Lipinski definition) is 1. The van der Waals surface area contributed by atoms with Gasteiger partial charge < -0.3 is 4.42 Å². The van der Waals surface area contributed by atoms with Crippen molar-refractivity contribution in [2.75, 3.05) is 0 Å². The van der Waals surface area contributed by atoms with Gasteiger partial charge in [-0.2, -0.15) is 5.10 Å². The van der Waals surface area contributed by atoms with Gasteiger partial charge in [-0.25, -0.2) is 9.61 Å². The van der Waals surface area contributed by atoms with Crippen molar-refractivity contribution in [3.63, 3.8) is 0 Å². The summed E-state index contributed by atoms with van der Waals surface area (Å²) in [5.41, 5.74) is 1.58. The smallest absolute Gasteiger partial charge is 0.284 e. The zero-order chi connectivity index (χ0) is 10.3. The fourth-order valence-corrected chi connectivity index (χ4v) is 1.47. The van der Waals surface area contributed by atoms with Gasteiger partial charge >= 0.3 is 0 Å². The molecule has 3 heterocycles. The molecule has 3 aromatic rings. The average Bonchev–Trinajstić information content (AvgIpc) is 2.83. The van der Waals surface area contributed by atoms with Gasteiger partial charge in [0.25, 0.3) is 4.84 Å². The van der Waals surface area contributed by atoms with Crippen molar-refractivity contribution >= 4 is 17.7 Å². The highest BCUT2D eigenvalue weighted by atomic mass is 32.1. The molecule has 0 bridgehead atoms. The molecule has 0 saturated heterocycles. The van der Waals surface area contributed by atoms with Crippen LogP contribution in [-0.4, -0.2) is 24.8 Å². The van der Waals surface area contributed by atoms with Crippen LogP contribution < -0.4 is 0 Å². The van der Waals surface area contributed by atoms with Gasteiger partial charge in [-0.05, 0) is 12.2 Å². The zero-order valence-corrected chi connectivity index (χ0v) is 8.23. The second-order valence-corrected chi connectivity index (χ2v) is 3.25. The molecule has 3 aromatic heterocycles. The number of nitrogens with one attached hydrogen (secondary N) is 1. The van der Waals surface area contributed by atoms with Gasteiger partial charge in [0.05, 0.1) is 23.5 Å². The second-order valence-electron chi connectivity index (χ2n) is 2.88. The van der Waals surface area contributed by atoms with E-state index in [0.717, 1.165) is 11.1 Å². The molecule has 15 heavy (non-hydrogen) atoms. The summed E-state index contributed by atoms with van der Waals surface area (Å²) in [7, 11) is 0. The van der Waals surface area contributed by atoms with Crippen LogP contribution in [0, 0.1) is 4.84 Å². The molecule has 1 N–H and O–H groups in total. The van der Waals surface area contributed by atoms with E-state index in [4.69, 9.17) is 16.6 Å². The third-order valence-electron chi connectivity index (χ3n) is 1.99. The number of rotatable bonds is 1. The minimum Gasteiger partial charge on any atom is -0.409 e. The molecule has 0 aliphatic rings. The maximum absolute atomic E-state index is 5.20. The quantitative estimate of drug-likeness (QED) is 0.627. The van der Waals surface area contributed by atoms with Crippen molar-refractivity contribution in [2.45, 2.75) is 0 Å². The van der Waals surface area contributed by atoms with E-state index in [-0.39, 0.29) is 4.84 Å². The Morgan fingerprint density at radius 2 is 2.33 bits per heavy atom. The Balaban J connectivity index is 2.32. The summed E-state index contributed by atoms with van der Waals surface area (Å²) < 4.78 is 6.89. The van der Waals surface area contributed by atoms with Gasteiger partial charge in [0.15, 0.2) is 0 Å².